The number of likely N-dealkylation sites (tertiary alicyclic amines) is 1. The SMILES string of the molecule is Cc1ncccc1NC(=O)C1=NOC2(CCN(C(=O)[C@@H]3CCCO3)C2)C1. The second-order valence-electron chi connectivity index (χ2n) is 7.09. The number of nitrogens with one attached hydrogen (secondary N) is 1. The molecule has 1 unspecified atom stereocenters. The van der Waals surface area contributed by atoms with Gasteiger partial charge in [0.1, 0.15) is 11.8 Å². The van der Waals surface area contributed by atoms with Crippen LogP contribution in [0.4, 0.5) is 5.69 Å². The Morgan fingerprint density at radius 1 is 1.42 bits per heavy atom. The predicted molar refractivity (Wildman–Crippen MR) is 93.6 cm³/mol. The van der Waals surface area contributed by atoms with Crippen LogP contribution in [-0.4, -0.2) is 58.8 Å². The van der Waals surface area contributed by atoms with Crippen LogP contribution in [0.5, 0.6) is 0 Å². The topological polar surface area (TPSA) is 93.1 Å². The maximum Gasteiger partial charge on any atom is 0.273 e. The largest absolute Gasteiger partial charge is 0.386 e. The minimum atomic E-state index is -0.592. The summed E-state index contributed by atoms with van der Waals surface area (Å²) in [7, 11) is 0. The van der Waals surface area contributed by atoms with Gasteiger partial charge in [-0.25, -0.2) is 0 Å². The Hall–Kier alpha value is -2.48. The summed E-state index contributed by atoms with van der Waals surface area (Å²) in [5, 5.41) is 6.83. The molecule has 0 saturated carbocycles. The summed E-state index contributed by atoms with van der Waals surface area (Å²) in [6, 6.07) is 3.56. The number of pyridine rings is 1. The first kappa shape index (κ1) is 17.0. The van der Waals surface area contributed by atoms with Crippen LogP contribution in [0.2, 0.25) is 0 Å². The van der Waals surface area contributed by atoms with E-state index in [1.165, 1.54) is 0 Å². The Labute approximate surface area is 151 Å². The van der Waals surface area contributed by atoms with Gasteiger partial charge in [-0.05, 0) is 31.9 Å². The van der Waals surface area contributed by atoms with Gasteiger partial charge in [0.05, 0.1) is 17.9 Å². The van der Waals surface area contributed by atoms with E-state index in [0.717, 1.165) is 18.5 Å². The third-order valence-corrected chi connectivity index (χ3v) is 5.19. The van der Waals surface area contributed by atoms with Crippen molar-refractivity contribution < 1.29 is 19.2 Å². The van der Waals surface area contributed by atoms with Crippen molar-refractivity contribution in [3.8, 4) is 0 Å². The standard InChI is InChI=1S/C18H22N4O4/c1-12-13(4-2-7-19-12)20-16(23)14-10-18(26-21-14)6-8-22(11-18)17(24)15-5-3-9-25-15/h2,4,7,15H,3,5-6,8-11H2,1H3,(H,20,23)/t15-,18?/m0/s1. The monoisotopic (exact) mass is 358 g/mol. The van der Waals surface area contributed by atoms with E-state index in [1.807, 2.05) is 6.92 Å². The molecule has 4 heterocycles. The first-order chi connectivity index (χ1) is 12.6. The Morgan fingerprint density at radius 3 is 3.08 bits per heavy atom. The molecule has 2 amide bonds. The molecule has 138 valence electrons. The lowest BCUT2D eigenvalue weighted by atomic mass is 9.96. The zero-order valence-electron chi connectivity index (χ0n) is 14.7. The average molecular weight is 358 g/mol. The molecule has 1 spiro atoms. The smallest absolute Gasteiger partial charge is 0.273 e. The van der Waals surface area contributed by atoms with Crippen LogP contribution in [0.25, 0.3) is 0 Å². The van der Waals surface area contributed by atoms with Crippen LogP contribution in [0, 0.1) is 6.92 Å². The third-order valence-electron chi connectivity index (χ3n) is 5.19. The van der Waals surface area contributed by atoms with Crippen molar-refractivity contribution in [1.29, 1.82) is 0 Å². The summed E-state index contributed by atoms with van der Waals surface area (Å²) in [5.41, 5.74) is 1.15. The van der Waals surface area contributed by atoms with Crippen molar-refractivity contribution >= 4 is 23.2 Å². The quantitative estimate of drug-likeness (QED) is 0.878. The number of carbonyl (C=O) groups excluding carboxylic acids is 2. The fraction of sp³-hybridized carbons (Fsp3) is 0.556. The van der Waals surface area contributed by atoms with E-state index in [-0.39, 0.29) is 17.9 Å². The van der Waals surface area contributed by atoms with Gasteiger partial charge in [-0.2, -0.15) is 0 Å². The van der Waals surface area contributed by atoms with Crippen LogP contribution in [-0.2, 0) is 19.2 Å². The summed E-state index contributed by atoms with van der Waals surface area (Å²) in [6.07, 6.45) is 4.11. The van der Waals surface area contributed by atoms with Gasteiger partial charge in [0.15, 0.2) is 5.60 Å². The Balaban J connectivity index is 1.36. The first-order valence-corrected chi connectivity index (χ1v) is 8.95. The highest BCUT2D eigenvalue weighted by Gasteiger charge is 2.49. The summed E-state index contributed by atoms with van der Waals surface area (Å²) in [4.78, 5) is 36.5. The van der Waals surface area contributed by atoms with E-state index in [0.29, 0.717) is 43.9 Å². The lowest BCUT2D eigenvalue weighted by Crippen LogP contribution is -2.41. The van der Waals surface area contributed by atoms with E-state index in [2.05, 4.69) is 15.5 Å². The van der Waals surface area contributed by atoms with Crippen molar-refractivity contribution in [3.05, 3.63) is 24.0 Å². The lowest BCUT2D eigenvalue weighted by Gasteiger charge is -2.23. The lowest BCUT2D eigenvalue weighted by molar-refractivity contribution is -0.141. The number of ether oxygens (including phenoxy) is 1. The van der Waals surface area contributed by atoms with E-state index < -0.39 is 5.60 Å². The second kappa shape index (κ2) is 6.68. The maximum atomic E-state index is 12.5. The number of oxime groups is 1. The van der Waals surface area contributed by atoms with Crippen molar-refractivity contribution in [2.24, 2.45) is 5.16 Å². The third kappa shape index (κ3) is 3.16. The molecule has 26 heavy (non-hydrogen) atoms. The zero-order chi connectivity index (χ0) is 18.1. The Kier molecular flexibility index (Phi) is 4.36. The van der Waals surface area contributed by atoms with Gasteiger partial charge in [0, 0.05) is 32.2 Å². The Morgan fingerprint density at radius 2 is 2.31 bits per heavy atom. The molecule has 2 fully saturated rings. The molecular weight excluding hydrogens is 336 g/mol. The zero-order valence-corrected chi connectivity index (χ0v) is 14.7. The van der Waals surface area contributed by atoms with Gasteiger partial charge in [0.25, 0.3) is 11.8 Å². The minimum absolute atomic E-state index is 0.0202. The Bertz CT molecular complexity index is 759. The van der Waals surface area contributed by atoms with Gasteiger partial charge < -0.3 is 19.8 Å². The predicted octanol–water partition coefficient (Wildman–Crippen LogP) is 1.25. The number of hydrogen-bond acceptors (Lipinski definition) is 6. The van der Waals surface area contributed by atoms with E-state index in [1.54, 1.807) is 23.2 Å². The minimum Gasteiger partial charge on any atom is -0.386 e. The maximum absolute atomic E-state index is 12.5. The first-order valence-electron chi connectivity index (χ1n) is 8.95. The molecule has 0 aromatic carbocycles. The number of carbonyl (C=O) groups is 2. The molecule has 8 nitrogen and oxygen atoms in total. The molecule has 2 atom stereocenters. The highest BCUT2D eigenvalue weighted by molar-refractivity contribution is 6.43. The molecule has 1 N–H and O–H groups in total. The number of aromatic nitrogens is 1. The number of aryl methyl sites for hydroxylation is 1. The van der Waals surface area contributed by atoms with Crippen LogP contribution >= 0.6 is 0 Å². The molecule has 0 bridgehead atoms. The highest BCUT2D eigenvalue weighted by atomic mass is 16.7. The summed E-state index contributed by atoms with van der Waals surface area (Å²) in [5.74, 6) is -0.270. The normalized spacial score (nSPS) is 27.5. The second-order valence-corrected chi connectivity index (χ2v) is 7.09. The fourth-order valence-corrected chi connectivity index (χ4v) is 3.68. The molecule has 4 rings (SSSR count). The number of amides is 2. The summed E-state index contributed by atoms with van der Waals surface area (Å²) in [6.45, 7) is 3.52. The highest BCUT2D eigenvalue weighted by Crippen LogP contribution is 2.35. The summed E-state index contributed by atoms with van der Waals surface area (Å²) < 4.78 is 5.48. The van der Waals surface area contributed by atoms with Crippen molar-refractivity contribution in [2.45, 2.75) is 44.3 Å². The van der Waals surface area contributed by atoms with Gasteiger partial charge in [-0.15, -0.1) is 0 Å². The van der Waals surface area contributed by atoms with Crippen LogP contribution < -0.4 is 5.32 Å². The molecule has 2 saturated heterocycles. The van der Waals surface area contributed by atoms with Crippen molar-refractivity contribution in [2.75, 3.05) is 25.0 Å². The van der Waals surface area contributed by atoms with Gasteiger partial charge >= 0.3 is 0 Å². The molecule has 3 aliphatic heterocycles. The van der Waals surface area contributed by atoms with E-state index >= 15 is 0 Å². The van der Waals surface area contributed by atoms with Crippen molar-refractivity contribution in [1.82, 2.24) is 9.88 Å². The molecule has 1 aromatic heterocycles. The number of anilines is 1. The van der Waals surface area contributed by atoms with E-state index in [9.17, 15) is 9.59 Å². The van der Waals surface area contributed by atoms with Gasteiger partial charge in [-0.1, -0.05) is 5.16 Å². The van der Waals surface area contributed by atoms with E-state index in [4.69, 9.17) is 9.57 Å². The fourth-order valence-electron chi connectivity index (χ4n) is 3.68. The number of rotatable bonds is 3. The molecule has 0 radical (unpaired) electrons. The number of hydrogen-bond donors (Lipinski definition) is 1. The number of nitrogens with zero attached hydrogens (tertiary/aromatic N) is 3. The molecule has 3 aliphatic rings. The average Bonchev–Trinajstić information content (AvgIpc) is 3.38. The van der Waals surface area contributed by atoms with Crippen LogP contribution in [0.1, 0.15) is 31.4 Å². The van der Waals surface area contributed by atoms with Crippen LogP contribution in [0.15, 0.2) is 23.5 Å². The van der Waals surface area contributed by atoms with Gasteiger partial charge in [-0.3, -0.25) is 14.6 Å². The molecule has 0 aliphatic carbocycles. The molecule has 1 aromatic rings. The van der Waals surface area contributed by atoms with Crippen molar-refractivity contribution in [3.63, 3.8) is 0 Å². The van der Waals surface area contributed by atoms with Gasteiger partial charge in [0.2, 0.25) is 0 Å². The summed E-state index contributed by atoms with van der Waals surface area (Å²) >= 11 is 0. The van der Waals surface area contributed by atoms with Crippen LogP contribution in [0.3, 0.4) is 0 Å². The molecular formula is C18H22N4O4. The molecule has 8 heteroatoms.